The Morgan fingerprint density at radius 1 is 1.33 bits per heavy atom. The summed E-state index contributed by atoms with van der Waals surface area (Å²) >= 11 is 3.41. The van der Waals surface area contributed by atoms with Crippen molar-refractivity contribution in [1.82, 2.24) is 0 Å². The maximum Gasteiger partial charge on any atom is 0.338 e. The van der Waals surface area contributed by atoms with Crippen LogP contribution in [0.25, 0.3) is 11.3 Å². The maximum atomic E-state index is 11.8. The Balaban J connectivity index is 2.66. The van der Waals surface area contributed by atoms with Gasteiger partial charge in [0.1, 0.15) is 11.5 Å². The zero-order valence-corrected chi connectivity index (χ0v) is 11.5. The molecule has 0 aliphatic rings. The number of esters is 1. The van der Waals surface area contributed by atoms with Gasteiger partial charge in [-0.15, -0.1) is 0 Å². The maximum absolute atomic E-state index is 11.8. The van der Waals surface area contributed by atoms with E-state index >= 15 is 0 Å². The third kappa shape index (κ3) is 2.26. The van der Waals surface area contributed by atoms with Gasteiger partial charge in [0.15, 0.2) is 0 Å². The Bertz CT molecular complexity index is 561. The van der Waals surface area contributed by atoms with Crippen molar-refractivity contribution in [3.8, 4) is 17.1 Å². The van der Waals surface area contributed by atoms with Crippen molar-refractivity contribution in [3.63, 3.8) is 0 Å². The highest BCUT2D eigenvalue weighted by Crippen LogP contribution is 2.35. The van der Waals surface area contributed by atoms with Crippen LogP contribution in [0.2, 0.25) is 0 Å². The van der Waals surface area contributed by atoms with Crippen LogP contribution in [0.5, 0.6) is 5.75 Å². The third-order valence-corrected chi connectivity index (χ3v) is 3.10. The monoisotopic (exact) mass is 310 g/mol. The quantitative estimate of drug-likeness (QED) is 0.814. The van der Waals surface area contributed by atoms with Gasteiger partial charge in [0, 0.05) is 10.0 Å². The molecule has 0 aliphatic carbocycles. The molecule has 0 fully saturated rings. The summed E-state index contributed by atoms with van der Waals surface area (Å²) in [6.45, 7) is 0. The summed E-state index contributed by atoms with van der Waals surface area (Å²) in [6, 6.07) is 6.92. The second kappa shape index (κ2) is 5.27. The number of rotatable bonds is 3. The average molecular weight is 311 g/mol. The van der Waals surface area contributed by atoms with Gasteiger partial charge in [0.05, 0.1) is 26.0 Å². The summed E-state index contributed by atoms with van der Waals surface area (Å²) < 4.78 is 15.9. The first-order chi connectivity index (χ1) is 8.67. The molecule has 0 unspecified atom stereocenters. The molecule has 0 spiro atoms. The molecule has 2 rings (SSSR count). The summed E-state index contributed by atoms with van der Waals surface area (Å²) in [5.41, 5.74) is 1.03. The minimum atomic E-state index is -0.444. The van der Waals surface area contributed by atoms with Crippen molar-refractivity contribution in [2.45, 2.75) is 0 Å². The van der Waals surface area contributed by atoms with E-state index in [2.05, 4.69) is 15.9 Å². The molecule has 1 aromatic heterocycles. The number of ether oxygens (including phenoxy) is 2. The molecule has 18 heavy (non-hydrogen) atoms. The van der Waals surface area contributed by atoms with Gasteiger partial charge in [-0.05, 0) is 40.2 Å². The molecule has 0 atom stereocenters. The summed E-state index contributed by atoms with van der Waals surface area (Å²) in [6.07, 6.45) is 1.55. The highest BCUT2D eigenvalue weighted by molar-refractivity contribution is 9.10. The normalized spacial score (nSPS) is 10.2. The van der Waals surface area contributed by atoms with Crippen LogP contribution in [-0.4, -0.2) is 20.2 Å². The van der Waals surface area contributed by atoms with Gasteiger partial charge in [0.2, 0.25) is 0 Å². The molecule has 4 nitrogen and oxygen atoms in total. The van der Waals surface area contributed by atoms with E-state index in [4.69, 9.17) is 13.9 Å². The number of halogens is 1. The highest BCUT2D eigenvalue weighted by Gasteiger charge is 2.20. The zero-order valence-electron chi connectivity index (χ0n) is 9.90. The zero-order chi connectivity index (χ0) is 13.1. The molecule has 5 heteroatoms. The summed E-state index contributed by atoms with van der Waals surface area (Å²) in [4.78, 5) is 11.8. The number of benzene rings is 1. The van der Waals surface area contributed by atoms with E-state index in [1.54, 1.807) is 30.5 Å². The second-order valence-electron chi connectivity index (χ2n) is 3.50. The molecular formula is C13H11BrO4. The van der Waals surface area contributed by atoms with Gasteiger partial charge >= 0.3 is 5.97 Å². The van der Waals surface area contributed by atoms with Gasteiger partial charge in [-0.2, -0.15) is 0 Å². The molecular weight excluding hydrogens is 300 g/mol. The number of carbonyl (C=O) groups excluding carboxylic acids is 1. The number of methoxy groups -OCH3 is 2. The lowest BCUT2D eigenvalue weighted by molar-refractivity contribution is 0.0601. The number of hydrogen-bond acceptors (Lipinski definition) is 4. The molecule has 0 amide bonds. The smallest absolute Gasteiger partial charge is 0.338 e. The average Bonchev–Trinajstić information content (AvgIpc) is 2.90. The van der Waals surface area contributed by atoms with Gasteiger partial charge in [-0.25, -0.2) is 4.79 Å². The van der Waals surface area contributed by atoms with Crippen LogP contribution in [0.15, 0.2) is 39.4 Å². The first kappa shape index (κ1) is 12.7. The lowest BCUT2D eigenvalue weighted by Crippen LogP contribution is -2.04. The van der Waals surface area contributed by atoms with Gasteiger partial charge in [0.25, 0.3) is 0 Å². The molecule has 1 heterocycles. The molecule has 0 N–H and O–H groups in total. The molecule has 0 saturated carbocycles. The second-order valence-corrected chi connectivity index (χ2v) is 4.36. The lowest BCUT2D eigenvalue weighted by Gasteiger charge is -2.10. The first-order valence-corrected chi connectivity index (χ1v) is 5.96. The summed E-state index contributed by atoms with van der Waals surface area (Å²) in [5.74, 6) is 0.712. The highest BCUT2D eigenvalue weighted by atomic mass is 79.9. The van der Waals surface area contributed by atoms with Crippen molar-refractivity contribution in [1.29, 1.82) is 0 Å². The Morgan fingerprint density at radius 2 is 2.11 bits per heavy atom. The number of furan rings is 1. The Kier molecular flexibility index (Phi) is 3.72. The predicted molar refractivity (Wildman–Crippen MR) is 69.7 cm³/mol. The first-order valence-electron chi connectivity index (χ1n) is 5.17. The van der Waals surface area contributed by atoms with Crippen molar-refractivity contribution in [2.75, 3.05) is 14.2 Å². The summed E-state index contributed by atoms with van der Waals surface area (Å²) in [7, 11) is 2.87. The van der Waals surface area contributed by atoms with Crippen LogP contribution in [0, 0.1) is 0 Å². The minimum absolute atomic E-state index is 0.388. The standard InChI is InChI=1S/C13H11BrO4/c1-16-8-6-9(13(15)17-2)12(10(14)7-8)11-4-3-5-18-11/h3-7H,1-2H3. The minimum Gasteiger partial charge on any atom is -0.497 e. The fourth-order valence-corrected chi connectivity index (χ4v) is 2.28. The molecule has 0 saturated heterocycles. The van der Waals surface area contributed by atoms with Crippen molar-refractivity contribution in [2.24, 2.45) is 0 Å². The fourth-order valence-electron chi connectivity index (χ4n) is 1.64. The van der Waals surface area contributed by atoms with Crippen molar-refractivity contribution < 1.29 is 18.7 Å². The largest absolute Gasteiger partial charge is 0.497 e. The van der Waals surface area contributed by atoms with E-state index in [1.807, 2.05) is 0 Å². The van der Waals surface area contributed by atoms with Gasteiger partial charge < -0.3 is 13.9 Å². The van der Waals surface area contributed by atoms with Gasteiger partial charge in [-0.1, -0.05) is 0 Å². The van der Waals surface area contributed by atoms with E-state index in [0.717, 1.165) is 0 Å². The van der Waals surface area contributed by atoms with Crippen LogP contribution in [0.3, 0.4) is 0 Å². The Morgan fingerprint density at radius 3 is 2.67 bits per heavy atom. The van der Waals surface area contributed by atoms with Crippen LogP contribution in [-0.2, 0) is 4.74 Å². The molecule has 2 aromatic rings. The van der Waals surface area contributed by atoms with E-state index in [9.17, 15) is 4.79 Å². The van der Waals surface area contributed by atoms with Crippen molar-refractivity contribution in [3.05, 3.63) is 40.6 Å². The number of hydrogen-bond donors (Lipinski definition) is 0. The van der Waals surface area contributed by atoms with Crippen LogP contribution in [0.1, 0.15) is 10.4 Å². The van der Waals surface area contributed by atoms with E-state index < -0.39 is 5.97 Å². The van der Waals surface area contributed by atoms with Crippen LogP contribution in [0.4, 0.5) is 0 Å². The molecule has 0 radical (unpaired) electrons. The molecule has 0 bridgehead atoms. The molecule has 1 aromatic carbocycles. The fraction of sp³-hybridized carbons (Fsp3) is 0.154. The molecule has 94 valence electrons. The van der Waals surface area contributed by atoms with E-state index in [0.29, 0.717) is 27.1 Å². The van der Waals surface area contributed by atoms with E-state index in [1.165, 1.54) is 14.2 Å². The topological polar surface area (TPSA) is 48.7 Å². The van der Waals surface area contributed by atoms with Crippen LogP contribution >= 0.6 is 15.9 Å². The Hall–Kier alpha value is -1.75. The van der Waals surface area contributed by atoms with Gasteiger partial charge in [-0.3, -0.25) is 0 Å². The predicted octanol–water partition coefficient (Wildman–Crippen LogP) is 3.50. The summed E-state index contributed by atoms with van der Waals surface area (Å²) in [5, 5.41) is 0. The SMILES string of the molecule is COC(=O)c1cc(OC)cc(Br)c1-c1ccco1. The molecule has 0 aliphatic heterocycles. The Labute approximate surface area is 113 Å². The van der Waals surface area contributed by atoms with Crippen molar-refractivity contribution >= 4 is 21.9 Å². The number of carbonyl (C=O) groups is 1. The van der Waals surface area contributed by atoms with E-state index in [-0.39, 0.29) is 0 Å². The third-order valence-electron chi connectivity index (χ3n) is 2.47. The lowest BCUT2D eigenvalue weighted by atomic mass is 10.0. The van der Waals surface area contributed by atoms with Crippen LogP contribution < -0.4 is 4.74 Å².